The number of carbonyl (C=O) groups excluding carboxylic acids is 2. The monoisotopic (exact) mass is 478 g/mol. The Hall–Kier alpha value is -3.05. The van der Waals surface area contributed by atoms with E-state index in [0.717, 1.165) is 24.0 Å². The van der Waals surface area contributed by atoms with Crippen molar-refractivity contribution in [3.8, 4) is 11.5 Å². The van der Waals surface area contributed by atoms with Crippen LogP contribution in [-0.2, 0) is 20.9 Å². The molecule has 0 unspecified atom stereocenters. The second-order valence-electron chi connectivity index (χ2n) is 8.80. The van der Waals surface area contributed by atoms with Gasteiger partial charge in [-0.1, -0.05) is 41.9 Å². The van der Waals surface area contributed by atoms with Crippen molar-refractivity contribution >= 4 is 23.2 Å². The molecule has 0 saturated carbocycles. The highest BCUT2D eigenvalue weighted by Crippen LogP contribution is 2.50. The highest BCUT2D eigenvalue weighted by atomic mass is 35.5. The molecule has 34 heavy (non-hydrogen) atoms. The number of ketones is 2. The molecule has 0 fully saturated rings. The van der Waals surface area contributed by atoms with E-state index in [0.29, 0.717) is 78.1 Å². The first-order valence-electron chi connectivity index (χ1n) is 11.9. The predicted octanol–water partition coefficient (Wildman–Crippen LogP) is 6.45. The minimum atomic E-state index is -0.487. The molecule has 0 spiro atoms. The third-order valence-corrected chi connectivity index (χ3v) is 6.81. The summed E-state index contributed by atoms with van der Waals surface area (Å²) in [6.45, 7) is 2.67. The van der Waals surface area contributed by atoms with Gasteiger partial charge < -0.3 is 14.2 Å². The quantitative estimate of drug-likeness (QED) is 0.477. The van der Waals surface area contributed by atoms with Crippen LogP contribution in [0.5, 0.6) is 11.5 Å². The molecule has 2 aliphatic carbocycles. The molecule has 0 amide bonds. The fourth-order valence-electron chi connectivity index (χ4n) is 5.04. The van der Waals surface area contributed by atoms with Gasteiger partial charge in [0.15, 0.2) is 23.1 Å². The lowest BCUT2D eigenvalue weighted by Crippen LogP contribution is -2.30. The van der Waals surface area contributed by atoms with Crippen molar-refractivity contribution < 1.29 is 23.8 Å². The van der Waals surface area contributed by atoms with Crippen LogP contribution in [0.1, 0.15) is 62.5 Å². The van der Waals surface area contributed by atoms with E-state index >= 15 is 0 Å². The van der Waals surface area contributed by atoms with E-state index in [1.165, 1.54) is 0 Å². The zero-order valence-electron chi connectivity index (χ0n) is 19.2. The molecule has 2 aromatic carbocycles. The first-order valence-corrected chi connectivity index (χ1v) is 12.3. The number of benzene rings is 2. The Labute approximate surface area is 204 Å². The van der Waals surface area contributed by atoms with Gasteiger partial charge in [-0.05, 0) is 43.0 Å². The van der Waals surface area contributed by atoms with Crippen LogP contribution in [0.15, 0.2) is 65.1 Å². The van der Waals surface area contributed by atoms with Gasteiger partial charge in [0.1, 0.15) is 18.1 Å². The molecular weight excluding hydrogens is 452 g/mol. The molecular formula is C28H27ClO5. The van der Waals surface area contributed by atoms with Crippen molar-refractivity contribution in [1.29, 1.82) is 0 Å². The average Bonchev–Trinajstić information content (AvgIpc) is 2.83. The molecule has 0 saturated heterocycles. The summed E-state index contributed by atoms with van der Waals surface area (Å²) >= 11 is 6.74. The highest BCUT2D eigenvalue weighted by molar-refractivity contribution is 6.32. The molecule has 3 aliphatic rings. The van der Waals surface area contributed by atoms with Gasteiger partial charge in [-0.3, -0.25) is 9.59 Å². The van der Waals surface area contributed by atoms with E-state index in [9.17, 15) is 9.59 Å². The Bertz CT molecular complexity index is 1150. The number of halogens is 1. The van der Waals surface area contributed by atoms with E-state index in [1.54, 1.807) is 6.07 Å². The van der Waals surface area contributed by atoms with Gasteiger partial charge in [-0.15, -0.1) is 0 Å². The van der Waals surface area contributed by atoms with Crippen molar-refractivity contribution in [2.45, 2.75) is 58.0 Å². The molecule has 6 heteroatoms. The first-order chi connectivity index (χ1) is 16.6. The molecule has 0 bridgehead atoms. The second kappa shape index (κ2) is 9.67. The molecule has 5 rings (SSSR count). The Balaban J connectivity index is 1.58. The number of hydrogen-bond acceptors (Lipinski definition) is 5. The minimum Gasteiger partial charge on any atom is -0.490 e. The summed E-state index contributed by atoms with van der Waals surface area (Å²) < 4.78 is 18.1. The van der Waals surface area contributed by atoms with Crippen molar-refractivity contribution in [3.63, 3.8) is 0 Å². The van der Waals surface area contributed by atoms with Gasteiger partial charge in [0.2, 0.25) is 0 Å². The Morgan fingerprint density at radius 2 is 1.56 bits per heavy atom. The van der Waals surface area contributed by atoms with Gasteiger partial charge in [-0.2, -0.15) is 0 Å². The van der Waals surface area contributed by atoms with Gasteiger partial charge in [0.05, 0.1) is 11.6 Å². The van der Waals surface area contributed by atoms with E-state index in [1.807, 2.05) is 43.3 Å². The number of carbonyl (C=O) groups is 2. The SMILES string of the molecule is CCOc1cc(C2C3=C(CCCC3=O)OC3=C2C(=O)CCC3)cc(Cl)c1OCc1ccccc1. The van der Waals surface area contributed by atoms with Crippen LogP contribution in [0, 0.1) is 0 Å². The number of Topliss-reactive ketones (excluding diaryl/α,β-unsaturated/α-hetero) is 2. The summed E-state index contributed by atoms with van der Waals surface area (Å²) in [5, 5.41) is 0.388. The largest absolute Gasteiger partial charge is 0.490 e. The van der Waals surface area contributed by atoms with Crippen LogP contribution in [0.4, 0.5) is 0 Å². The maximum Gasteiger partial charge on any atom is 0.180 e. The summed E-state index contributed by atoms with van der Waals surface area (Å²) in [7, 11) is 0. The lowest BCUT2D eigenvalue weighted by atomic mass is 9.73. The number of rotatable bonds is 6. The molecule has 0 atom stereocenters. The van der Waals surface area contributed by atoms with Crippen LogP contribution >= 0.6 is 11.6 Å². The number of allylic oxidation sites excluding steroid dienone is 4. The zero-order valence-corrected chi connectivity index (χ0v) is 20.0. The number of hydrogen-bond donors (Lipinski definition) is 0. The standard InChI is InChI=1S/C28H27ClO5/c1-2-32-24-15-18(14-19(29)28(24)33-16-17-8-4-3-5-9-17)25-26-20(30)10-6-12-22(26)34-23-13-7-11-21(31)27(23)25/h3-5,8-9,14-15,25H,2,6-7,10-13,16H2,1H3. The first kappa shape index (κ1) is 22.7. The minimum absolute atomic E-state index is 0.0367. The Morgan fingerprint density at radius 3 is 2.18 bits per heavy atom. The lowest BCUT2D eigenvalue weighted by Gasteiger charge is -2.36. The van der Waals surface area contributed by atoms with E-state index in [2.05, 4.69) is 0 Å². The van der Waals surface area contributed by atoms with E-state index < -0.39 is 5.92 Å². The molecule has 5 nitrogen and oxygen atoms in total. The third kappa shape index (κ3) is 4.25. The van der Waals surface area contributed by atoms with Crippen LogP contribution in [0.3, 0.4) is 0 Å². The van der Waals surface area contributed by atoms with Gasteiger partial charge in [-0.25, -0.2) is 0 Å². The van der Waals surface area contributed by atoms with Crippen LogP contribution < -0.4 is 9.47 Å². The maximum atomic E-state index is 13.1. The zero-order chi connectivity index (χ0) is 23.7. The summed E-state index contributed by atoms with van der Waals surface area (Å²) in [4.78, 5) is 26.1. The topological polar surface area (TPSA) is 61.8 Å². The van der Waals surface area contributed by atoms with Crippen LogP contribution in [-0.4, -0.2) is 18.2 Å². The summed E-state index contributed by atoms with van der Waals surface area (Å²) in [6, 6.07) is 13.5. The fraction of sp³-hybridized carbons (Fsp3) is 0.357. The second-order valence-corrected chi connectivity index (χ2v) is 9.21. The average molecular weight is 479 g/mol. The van der Waals surface area contributed by atoms with Gasteiger partial charge >= 0.3 is 0 Å². The van der Waals surface area contributed by atoms with E-state index in [4.69, 9.17) is 25.8 Å². The molecule has 0 N–H and O–H groups in total. The molecule has 2 aromatic rings. The van der Waals surface area contributed by atoms with Crippen molar-refractivity contribution in [1.82, 2.24) is 0 Å². The van der Waals surface area contributed by atoms with Crippen LogP contribution in [0.25, 0.3) is 0 Å². The fourth-order valence-corrected chi connectivity index (χ4v) is 5.31. The van der Waals surface area contributed by atoms with Crippen molar-refractivity contribution in [2.24, 2.45) is 0 Å². The van der Waals surface area contributed by atoms with Crippen molar-refractivity contribution in [3.05, 3.63) is 81.3 Å². The summed E-state index contributed by atoms with van der Waals surface area (Å²) in [6.07, 6.45) is 3.84. The molecule has 176 valence electrons. The molecule has 1 heterocycles. The predicted molar refractivity (Wildman–Crippen MR) is 129 cm³/mol. The molecule has 0 radical (unpaired) electrons. The Kier molecular flexibility index (Phi) is 6.46. The normalized spacial score (nSPS) is 18.4. The van der Waals surface area contributed by atoms with Crippen molar-refractivity contribution in [2.75, 3.05) is 6.61 Å². The maximum absolute atomic E-state index is 13.1. The summed E-state index contributed by atoms with van der Waals surface area (Å²) in [5.41, 5.74) is 2.96. The molecule has 1 aliphatic heterocycles. The van der Waals surface area contributed by atoms with E-state index in [-0.39, 0.29) is 11.6 Å². The van der Waals surface area contributed by atoms with Gasteiger partial charge in [0, 0.05) is 42.7 Å². The summed E-state index contributed by atoms with van der Waals surface area (Å²) in [5.74, 6) is 1.95. The molecule has 0 aromatic heterocycles. The third-order valence-electron chi connectivity index (χ3n) is 6.53. The Morgan fingerprint density at radius 1 is 0.912 bits per heavy atom. The highest BCUT2D eigenvalue weighted by Gasteiger charge is 2.42. The smallest absolute Gasteiger partial charge is 0.180 e. The number of ether oxygens (including phenoxy) is 3. The lowest BCUT2D eigenvalue weighted by molar-refractivity contribution is -0.117. The van der Waals surface area contributed by atoms with Gasteiger partial charge in [0.25, 0.3) is 0 Å². The van der Waals surface area contributed by atoms with Crippen LogP contribution in [0.2, 0.25) is 5.02 Å².